The van der Waals surface area contributed by atoms with Crippen LogP contribution in [0.4, 0.5) is 4.79 Å². The van der Waals surface area contributed by atoms with Crippen molar-refractivity contribution in [2.24, 2.45) is 5.41 Å². The largest absolute Gasteiger partial charge is 0.438 e. The van der Waals surface area contributed by atoms with E-state index in [1.807, 2.05) is 75.4 Å². The number of hydrogen-bond donors (Lipinski definition) is 1. The third kappa shape index (κ3) is 5.44. The molecule has 1 saturated heterocycles. The highest BCUT2D eigenvalue weighted by atomic mass is 32.1. The van der Waals surface area contributed by atoms with Crippen LogP contribution in [0.25, 0.3) is 10.6 Å². The molecule has 1 N–H and O–H groups in total. The molecular weight excluding hydrogens is 496 g/mol. The third-order valence-corrected chi connectivity index (χ3v) is 8.40. The summed E-state index contributed by atoms with van der Waals surface area (Å²) in [5.74, 6) is -0.0603. The number of rotatable bonds is 8. The summed E-state index contributed by atoms with van der Waals surface area (Å²) in [6.07, 6.45) is 4.37. The predicted octanol–water partition coefficient (Wildman–Crippen LogP) is 6.44. The second-order valence-electron chi connectivity index (χ2n) is 10.9. The van der Waals surface area contributed by atoms with Gasteiger partial charge in [0.05, 0.1) is 23.7 Å². The maximum Gasteiger partial charge on any atom is 0.411 e. The van der Waals surface area contributed by atoms with Crippen molar-refractivity contribution in [3.63, 3.8) is 0 Å². The summed E-state index contributed by atoms with van der Waals surface area (Å²) >= 11 is 1.38. The van der Waals surface area contributed by atoms with Crippen molar-refractivity contribution in [2.45, 2.75) is 64.1 Å². The second kappa shape index (κ2) is 10.2. The Morgan fingerprint density at radius 1 is 1.24 bits per heavy atom. The van der Waals surface area contributed by atoms with Crippen LogP contribution in [-0.4, -0.2) is 34.5 Å². The van der Waals surface area contributed by atoms with Gasteiger partial charge >= 0.3 is 6.09 Å². The predicted molar refractivity (Wildman–Crippen MR) is 146 cm³/mol. The third-order valence-electron chi connectivity index (χ3n) is 7.35. The molecule has 38 heavy (non-hydrogen) atoms. The molecule has 0 spiro atoms. The molecule has 3 aromatic rings. The lowest BCUT2D eigenvalue weighted by atomic mass is 9.75. The lowest BCUT2D eigenvalue weighted by molar-refractivity contribution is -0.0770. The number of benzene rings is 2. The fourth-order valence-electron chi connectivity index (χ4n) is 5.03. The quantitative estimate of drug-likeness (QED) is 0.363. The van der Waals surface area contributed by atoms with Crippen LogP contribution in [0.2, 0.25) is 0 Å². The molecule has 1 aromatic heterocycles. The molecule has 2 aromatic carbocycles. The van der Waals surface area contributed by atoms with Crippen molar-refractivity contribution in [1.82, 2.24) is 15.2 Å². The number of aromatic nitrogens is 1. The number of carbonyl (C=O) groups is 2. The van der Waals surface area contributed by atoms with Crippen molar-refractivity contribution in [2.75, 3.05) is 6.54 Å². The van der Waals surface area contributed by atoms with E-state index in [9.17, 15) is 14.9 Å². The molecule has 2 heterocycles. The van der Waals surface area contributed by atoms with Crippen LogP contribution >= 0.6 is 11.3 Å². The number of nitrogens with zero attached hydrogens (tertiary/aromatic N) is 3. The van der Waals surface area contributed by atoms with Gasteiger partial charge in [0, 0.05) is 31.0 Å². The fourth-order valence-corrected chi connectivity index (χ4v) is 5.85. The van der Waals surface area contributed by atoms with Gasteiger partial charge in [-0.25, -0.2) is 9.78 Å². The van der Waals surface area contributed by atoms with Crippen molar-refractivity contribution in [1.29, 1.82) is 5.26 Å². The van der Waals surface area contributed by atoms with Crippen molar-refractivity contribution >= 4 is 23.3 Å². The molecule has 1 aliphatic heterocycles. The lowest BCUT2D eigenvalue weighted by Gasteiger charge is -2.45. The summed E-state index contributed by atoms with van der Waals surface area (Å²) in [4.78, 5) is 32.5. The van der Waals surface area contributed by atoms with Gasteiger partial charge in [0.15, 0.2) is 0 Å². The Labute approximate surface area is 227 Å². The summed E-state index contributed by atoms with van der Waals surface area (Å²) < 4.78 is 6.19. The van der Waals surface area contributed by atoms with Gasteiger partial charge in [-0.3, -0.25) is 4.79 Å². The zero-order valence-corrected chi connectivity index (χ0v) is 22.8. The Hall–Kier alpha value is -3.70. The van der Waals surface area contributed by atoms with E-state index in [0.717, 1.165) is 34.5 Å². The molecule has 1 aliphatic carbocycles. The summed E-state index contributed by atoms with van der Waals surface area (Å²) in [6.45, 7) is 6.28. The van der Waals surface area contributed by atoms with Crippen LogP contribution in [0.15, 0.2) is 60.8 Å². The molecular formula is C30H32N4O3S. The molecule has 1 unspecified atom stereocenters. The van der Waals surface area contributed by atoms with Crippen LogP contribution in [0.3, 0.4) is 0 Å². The van der Waals surface area contributed by atoms with E-state index >= 15 is 0 Å². The van der Waals surface area contributed by atoms with Crippen LogP contribution in [0.1, 0.15) is 73.3 Å². The van der Waals surface area contributed by atoms with Gasteiger partial charge in [0.25, 0.3) is 5.91 Å². The second-order valence-corrected chi connectivity index (χ2v) is 12.0. The Morgan fingerprint density at radius 2 is 1.95 bits per heavy atom. The Bertz CT molecular complexity index is 1360. The summed E-state index contributed by atoms with van der Waals surface area (Å²) in [6, 6.07) is 20.2. The van der Waals surface area contributed by atoms with Crippen molar-refractivity contribution in [3.8, 4) is 16.6 Å². The highest BCUT2D eigenvalue weighted by molar-refractivity contribution is 7.16. The van der Waals surface area contributed by atoms with Crippen LogP contribution in [0, 0.1) is 16.7 Å². The minimum absolute atomic E-state index is 0.0603. The first-order valence-corrected chi connectivity index (χ1v) is 13.8. The molecule has 8 heteroatoms. The van der Waals surface area contributed by atoms with E-state index in [1.54, 1.807) is 11.1 Å². The van der Waals surface area contributed by atoms with Crippen LogP contribution in [0.5, 0.6) is 0 Å². The number of carbonyl (C=O) groups excluding carboxylic acids is 2. The maximum atomic E-state index is 13.4. The van der Waals surface area contributed by atoms with E-state index in [4.69, 9.17) is 4.74 Å². The molecule has 2 atom stereocenters. The number of ether oxygens (including phenoxy) is 1. The normalized spacial score (nSPS) is 20.4. The Kier molecular flexibility index (Phi) is 6.97. The van der Waals surface area contributed by atoms with Gasteiger partial charge in [-0.15, -0.1) is 11.3 Å². The summed E-state index contributed by atoms with van der Waals surface area (Å²) in [5.41, 5.74) is 1.35. The molecule has 5 rings (SSSR count). The van der Waals surface area contributed by atoms with Crippen LogP contribution < -0.4 is 5.32 Å². The zero-order chi connectivity index (χ0) is 26.9. The Balaban J connectivity index is 1.29. The molecule has 2 fully saturated rings. The molecule has 2 aliphatic rings. The standard InChI is InChI=1S/C30H32N4O3S/c1-20(21-9-11-22(12-10-21)27-32-17-25(38-27)26(35)33-24-13-14-24)34-16-15-30(37-28(34)36,18-29(2,3)19-31)23-7-5-4-6-8-23/h4-12,17,20,24H,13-16,18H2,1-3H3,(H,33,35)/t20-,30?/m0/s1. The van der Waals surface area contributed by atoms with Crippen molar-refractivity contribution < 1.29 is 14.3 Å². The van der Waals surface area contributed by atoms with E-state index in [2.05, 4.69) is 16.4 Å². The minimum Gasteiger partial charge on any atom is -0.438 e. The average Bonchev–Trinajstić information content (AvgIpc) is 3.59. The minimum atomic E-state index is -0.841. The Morgan fingerprint density at radius 3 is 2.58 bits per heavy atom. The van der Waals surface area contributed by atoms with Gasteiger partial charge in [-0.05, 0) is 44.7 Å². The maximum absolute atomic E-state index is 13.4. The number of thiazole rings is 1. The SMILES string of the molecule is C[C@@H](c1ccc(-c2ncc(C(=O)NC3CC3)s2)cc1)N1CCC(CC(C)(C)C#N)(c2ccccc2)OC1=O. The topological polar surface area (TPSA) is 95.3 Å². The number of amides is 2. The molecule has 0 bridgehead atoms. The van der Waals surface area contributed by atoms with E-state index in [-0.39, 0.29) is 18.0 Å². The number of nitriles is 1. The number of hydrogen-bond acceptors (Lipinski definition) is 6. The first-order chi connectivity index (χ1) is 18.2. The van der Waals surface area contributed by atoms with Crippen molar-refractivity contribution in [3.05, 3.63) is 76.8 Å². The van der Waals surface area contributed by atoms with Gasteiger partial charge in [-0.2, -0.15) is 5.26 Å². The monoisotopic (exact) mass is 528 g/mol. The smallest absolute Gasteiger partial charge is 0.411 e. The van der Waals surface area contributed by atoms with Gasteiger partial charge in [0.1, 0.15) is 15.5 Å². The fraction of sp³-hybridized carbons (Fsp3) is 0.400. The zero-order valence-electron chi connectivity index (χ0n) is 21.9. The van der Waals surface area contributed by atoms with Gasteiger partial charge in [-0.1, -0.05) is 54.6 Å². The van der Waals surface area contributed by atoms with Gasteiger partial charge < -0.3 is 15.0 Å². The van der Waals surface area contributed by atoms with E-state index in [1.165, 1.54) is 11.3 Å². The molecule has 0 radical (unpaired) electrons. The molecule has 2 amide bonds. The summed E-state index contributed by atoms with van der Waals surface area (Å²) in [5, 5.41) is 13.5. The molecule has 196 valence electrons. The molecule has 7 nitrogen and oxygen atoms in total. The van der Waals surface area contributed by atoms with E-state index < -0.39 is 11.0 Å². The number of nitrogens with one attached hydrogen (secondary N) is 1. The van der Waals surface area contributed by atoms with E-state index in [0.29, 0.717) is 30.3 Å². The van der Waals surface area contributed by atoms with Gasteiger partial charge in [0.2, 0.25) is 0 Å². The lowest BCUT2D eigenvalue weighted by Crippen LogP contribution is -2.50. The first-order valence-electron chi connectivity index (χ1n) is 13.0. The molecule has 1 saturated carbocycles. The first kappa shape index (κ1) is 25.9. The highest BCUT2D eigenvalue weighted by Crippen LogP contribution is 2.44. The summed E-state index contributed by atoms with van der Waals surface area (Å²) in [7, 11) is 0. The average molecular weight is 529 g/mol. The van der Waals surface area contributed by atoms with Crippen LogP contribution in [-0.2, 0) is 10.3 Å². The highest BCUT2D eigenvalue weighted by Gasteiger charge is 2.46. The number of cyclic esters (lactones) is 1.